The van der Waals surface area contributed by atoms with Crippen LogP contribution in [0.4, 0.5) is 5.13 Å². The second-order valence-electron chi connectivity index (χ2n) is 6.12. The summed E-state index contributed by atoms with van der Waals surface area (Å²) >= 11 is 1.34. The first-order chi connectivity index (χ1) is 13.1. The molecule has 3 rings (SSSR count). The zero-order valence-corrected chi connectivity index (χ0v) is 16.0. The first-order valence-electron chi connectivity index (χ1n) is 8.63. The summed E-state index contributed by atoms with van der Waals surface area (Å²) in [5.74, 6) is -0.458. The fourth-order valence-electron chi connectivity index (χ4n) is 2.52. The zero-order chi connectivity index (χ0) is 19.2. The maximum Gasteiger partial charge on any atom is 0.268 e. The monoisotopic (exact) mass is 373 g/mol. The van der Waals surface area contributed by atoms with Crippen LogP contribution in [0.2, 0.25) is 0 Å². The third kappa shape index (κ3) is 4.69. The van der Waals surface area contributed by atoms with Gasteiger partial charge in [0.15, 0.2) is 5.13 Å². The Bertz CT molecular complexity index is 1010. The SMILES string of the molecule is CCc1ccc(-c2csc(NC(=O)C(C#N)=Cc3ccc(C)cc3)n2)cc1. The van der Waals surface area contributed by atoms with Crippen molar-refractivity contribution >= 4 is 28.5 Å². The Kier molecular flexibility index (Phi) is 5.80. The second-order valence-corrected chi connectivity index (χ2v) is 6.98. The van der Waals surface area contributed by atoms with Crippen LogP contribution in [-0.4, -0.2) is 10.9 Å². The molecular formula is C22H19N3OS. The Hall–Kier alpha value is -3.23. The molecule has 0 aliphatic heterocycles. The maximum atomic E-state index is 12.4. The molecule has 134 valence electrons. The Morgan fingerprint density at radius 2 is 1.89 bits per heavy atom. The van der Waals surface area contributed by atoms with Gasteiger partial charge in [0.2, 0.25) is 0 Å². The molecule has 0 saturated heterocycles. The number of hydrogen-bond donors (Lipinski definition) is 1. The predicted molar refractivity (Wildman–Crippen MR) is 110 cm³/mol. The number of rotatable bonds is 5. The second kappa shape index (κ2) is 8.43. The molecule has 5 heteroatoms. The largest absolute Gasteiger partial charge is 0.297 e. The first-order valence-corrected chi connectivity index (χ1v) is 9.51. The third-order valence-corrected chi connectivity index (χ3v) is 4.89. The van der Waals surface area contributed by atoms with E-state index >= 15 is 0 Å². The van der Waals surface area contributed by atoms with E-state index in [1.165, 1.54) is 16.9 Å². The van der Waals surface area contributed by atoms with Gasteiger partial charge >= 0.3 is 0 Å². The zero-order valence-electron chi connectivity index (χ0n) is 15.2. The molecule has 4 nitrogen and oxygen atoms in total. The van der Waals surface area contributed by atoms with Crippen LogP contribution in [-0.2, 0) is 11.2 Å². The molecule has 0 unspecified atom stereocenters. The van der Waals surface area contributed by atoms with E-state index in [0.717, 1.165) is 28.8 Å². The van der Waals surface area contributed by atoms with Gasteiger partial charge in [-0.15, -0.1) is 11.3 Å². The van der Waals surface area contributed by atoms with E-state index in [1.54, 1.807) is 6.08 Å². The topological polar surface area (TPSA) is 65.8 Å². The van der Waals surface area contributed by atoms with Gasteiger partial charge in [0.25, 0.3) is 5.91 Å². The number of carbonyl (C=O) groups excluding carboxylic acids is 1. The average Bonchev–Trinajstić information content (AvgIpc) is 3.16. The van der Waals surface area contributed by atoms with Gasteiger partial charge in [-0.05, 0) is 30.5 Å². The van der Waals surface area contributed by atoms with Crippen LogP contribution in [0.15, 0.2) is 59.5 Å². The number of nitrogens with one attached hydrogen (secondary N) is 1. The van der Waals surface area contributed by atoms with E-state index in [-0.39, 0.29) is 5.57 Å². The van der Waals surface area contributed by atoms with Gasteiger partial charge < -0.3 is 0 Å². The number of thiazole rings is 1. The molecule has 0 bridgehead atoms. The number of amides is 1. The van der Waals surface area contributed by atoms with Crippen molar-refractivity contribution in [3.05, 3.63) is 76.2 Å². The van der Waals surface area contributed by atoms with E-state index in [0.29, 0.717) is 5.13 Å². The van der Waals surface area contributed by atoms with Crippen LogP contribution in [0, 0.1) is 18.3 Å². The lowest BCUT2D eigenvalue weighted by Gasteiger charge is -2.01. The minimum atomic E-state index is -0.458. The van der Waals surface area contributed by atoms with Crippen LogP contribution in [0.3, 0.4) is 0 Å². The van der Waals surface area contributed by atoms with E-state index in [4.69, 9.17) is 0 Å². The Morgan fingerprint density at radius 1 is 1.19 bits per heavy atom. The van der Waals surface area contributed by atoms with E-state index in [9.17, 15) is 10.1 Å². The minimum Gasteiger partial charge on any atom is -0.297 e. The molecule has 0 aliphatic carbocycles. The Morgan fingerprint density at radius 3 is 2.52 bits per heavy atom. The first kappa shape index (κ1) is 18.6. The molecule has 1 amide bonds. The number of anilines is 1. The smallest absolute Gasteiger partial charge is 0.268 e. The van der Waals surface area contributed by atoms with Crippen LogP contribution in [0.5, 0.6) is 0 Å². The Balaban J connectivity index is 1.74. The lowest BCUT2D eigenvalue weighted by molar-refractivity contribution is -0.112. The summed E-state index contributed by atoms with van der Waals surface area (Å²) in [7, 11) is 0. The number of nitriles is 1. The molecule has 1 heterocycles. The molecule has 27 heavy (non-hydrogen) atoms. The van der Waals surface area contributed by atoms with Crippen LogP contribution >= 0.6 is 11.3 Å². The number of benzene rings is 2. The molecule has 2 aromatic carbocycles. The van der Waals surface area contributed by atoms with Crippen molar-refractivity contribution in [2.24, 2.45) is 0 Å². The van der Waals surface area contributed by atoms with Gasteiger partial charge in [-0.1, -0.05) is 61.0 Å². The highest BCUT2D eigenvalue weighted by Gasteiger charge is 2.12. The summed E-state index contributed by atoms with van der Waals surface area (Å²) < 4.78 is 0. The minimum absolute atomic E-state index is 0.0444. The van der Waals surface area contributed by atoms with Crippen molar-refractivity contribution in [2.75, 3.05) is 5.32 Å². The number of hydrogen-bond acceptors (Lipinski definition) is 4. The lowest BCUT2D eigenvalue weighted by Crippen LogP contribution is -2.13. The average molecular weight is 373 g/mol. The normalized spacial score (nSPS) is 11.1. The molecule has 0 aliphatic rings. The molecule has 1 N–H and O–H groups in total. The van der Waals surface area contributed by atoms with Crippen molar-refractivity contribution in [2.45, 2.75) is 20.3 Å². The highest BCUT2D eigenvalue weighted by molar-refractivity contribution is 7.14. The van der Waals surface area contributed by atoms with E-state index in [2.05, 4.69) is 29.4 Å². The molecule has 0 spiro atoms. The summed E-state index contributed by atoms with van der Waals surface area (Å²) in [5, 5.41) is 14.4. The molecular weight excluding hydrogens is 354 g/mol. The van der Waals surface area contributed by atoms with Crippen molar-refractivity contribution in [3.63, 3.8) is 0 Å². The van der Waals surface area contributed by atoms with Gasteiger partial charge in [-0.2, -0.15) is 5.26 Å². The quantitative estimate of drug-likeness (QED) is 0.492. The van der Waals surface area contributed by atoms with Gasteiger partial charge in [0.1, 0.15) is 11.6 Å². The predicted octanol–water partition coefficient (Wildman–Crippen LogP) is 5.23. The van der Waals surface area contributed by atoms with Crippen molar-refractivity contribution < 1.29 is 4.79 Å². The fourth-order valence-corrected chi connectivity index (χ4v) is 3.23. The maximum absolute atomic E-state index is 12.4. The van der Waals surface area contributed by atoms with Crippen molar-refractivity contribution in [1.82, 2.24) is 4.98 Å². The molecule has 3 aromatic rings. The number of aromatic nitrogens is 1. The molecule has 0 atom stereocenters. The molecule has 1 aromatic heterocycles. The summed E-state index contributed by atoms with van der Waals surface area (Å²) in [4.78, 5) is 16.9. The number of carbonyl (C=O) groups is 1. The Labute approximate surface area is 162 Å². The third-order valence-electron chi connectivity index (χ3n) is 4.14. The van der Waals surface area contributed by atoms with Gasteiger partial charge in [0, 0.05) is 10.9 Å². The van der Waals surface area contributed by atoms with Gasteiger partial charge in [0.05, 0.1) is 5.69 Å². The fraction of sp³-hybridized carbons (Fsp3) is 0.136. The summed E-state index contributed by atoms with van der Waals surface area (Å²) in [6, 6.07) is 17.8. The molecule has 0 radical (unpaired) electrons. The molecule has 0 fully saturated rings. The van der Waals surface area contributed by atoms with Crippen LogP contribution < -0.4 is 5.32 Å². The summed E-state index contributed by atoms with van der Waals surface area (Å²) in [6.07, 6.45) is 2.57. The standard InChI is InChI=1S/C22H19N3OS/c1-3-16-8-10-18(11-9-16)20-14-27-22(24-20)25-21(26)19(13-23)12-17-6-4-15(2)5-7-17/h4-12,14H,3H2,1-2H3,(H,24,25,26). The van der Waals surface area contributed by atoms with Crippen LogP contribution in [0.1, 0.15) is 23.6 Å². The van der Waals surface area contributed by atoms with Crippen LogP contribution in [0.25, 0.3) is 17.3 Å². The van der Waals surface area contributed by atoms with E-state index < -0.39 is 5.91 Å². The lowest BCUT2D eigenvalue weighted by atomic mass is 10.1. The van der Waals surface area contributed by atoms with Crippen molar-refractivity contribution in [3.8, 4) is 17.3 Å². The number of aryl methyl sites for hydroxylation is 2. The molecule has 0 saturated carbocycles. The van der Waals surface area contributed by atoms with Gasteiger partial charge in [-0.25, -0.2) is 4.98 Å². The summed E-state index contributed by atoms with van der Waals surface area (Å²) in [6.45, 7) is 4.10. The van der Waals surface area contributed by atoms with E-state index in [1.807, 2.05) is 54.8 Å². The van der Waals surface area contributed by atoms with Gasteiger partial charge in [-0.3, -0.25) is 10.1 Å². The highest BCUT2D eigenvalue weighted by atomic mass is 32.1. The highest BCUT2D eigenvalue weighted by Crippen LogP contribution is 2.25. The summed E-state index contributed by atoms with van der Waals surface area (Å²) in [5.41, 5.74) is 5.05. The number of nitrogens with zero attached hydrogens (tertiary/aromatic N) is 2. The van der Waals surface area contributed by atoms with Crippen molar-refractivity contribution in [1.29, 1.82) is 5.26 Å².